The molecule has 0 unspecified atom stereocenters. The largest absolute Gasteiger partial charge is 0.379 e. The van der Waals surface area contributed by atoms with Crippen molar-refractivity contribution in [2.75, 3.05) is 11.9 Å². The number of aromatic nitrogens is 2. The smallest absolute Gasteiger partial charge is 0.292 e. The molecule has 1 aromatic rings. The van der Waals surface area contributed by atoms with Gasteiger partial charge in [0.2, 0.25) is 0 Å². The van der Waals surface area contributed by atoms with E-state index >= 15 is 0 Å². The monoisotopic (exact) mass is 291 g/mol. The van der Waals surface area contributed by atoms with Gasteiger partial charge in [0.15, 0.2) is 0 Å². The Balaban J connectivity index is 2.02. The molecule has 2 rings (SSSR count). The van der Waals surface area contributed by atoms with Crippen molar-refractivity contribution in [3.05, 3.63) is 33.2 Å². The van der Waals surface area contributed by atoms with E-state index in [4.69, 9.17) is 18.0 Å². The van der Waals surface area contributed by atoms with Crippen LogP contribution in [0.3, 0.4) is 0 Å². The number of terminal acetylenes is 1. The number of halogens is 1. The minimum absolute atomic E-state index is 0.149. The summed E-state index contributed by atoms with van der Waals surface area (Å²) in [5.41, 5.74) is 1.57. The van der Waals surface area contributed by atoms with Gasteiger partial charge in [-0.05, 0) is 32.1 Å². The number of rotatable bonds is 5. The van der Waals surface area contributed by atoms with Crippen LogP contribution in [0.25, 0.3) is 0 Å². The van der Waals surface area contributed by atoms with Crippen LogP contribution in [-0.2, 0) is 6.54 Å². The molecule has 0 spiro atoms. The van der Waals surface area contributed by atoms with Crippen molar-refractivity contribution in [1.82, 2.24) is 9.78 Å². The van der Waals surface area contributed by atoms with Gasteiger partial charge in [0, 0.05) is 6.54 Å². The summed E-state index contributed by atoms with van der Waals surface area (Å²) in [4.78, 5) is 12.1. The fraction of sp³-hybridized carbons (Fsp3) is 0.467. The molecule has 0 aliphatic heterocycles. The van der Waals surface area contributed by atoms with Crippen LogP contribution in [-0.4, -0.2) is 16.3 Å². The maximum Gasteiger partial charge on any atom is 0.292 e. The Bertz CT molecular complexity index is 598. The van der Waals surface area contributed by atoms with Crippen LogP contribution < -0.4 is 10.9 Å². The molecule has 4 nitrogen and oxygen atoms in total. The second-order valence-electron chi connectivity index (χ2n) is 4.82. The Kier molecular flexibility index (Phi) is 5.25. The summed E-state index contributed by atoms with van der Waals surface area (Å²) in [7, 11) is 0. The fourth-order valence-electron chi connectivity index (χ4n) is 2.31. The molecule has 0 saturated heterocycles. The Morgan fingerprint density at radius 1 is 1.50 bits per heavy atom. The van der Waals surface area contributed by atoms with Gasteiger partial charge >= 0.3 is 0 Å². The second-order valence-corrected chi connectivity index (χ2v) is 5.23. The van der Waals surface area contributed by atoms with Crippen molar-refractivity contribution in [3.63, 3.8) is 0 Å². The van der Waals surface area contributed by atoms with E-state index in [1.165, 1.54) is 35.7 Å². The van der Waals surface area contributed by atoms with Gasteiger partial charge < -0.3 is 5.32 Å². The summed E-state index contributed by atoms with van der Waals surface area (Å²) >= 11 is 6.02. The molecule has 0 radical (unpaired) electrons. The first kappa shape index (κ1) is 14.7. The lowest BCUT2D eigenvalue weighted by Crippen LogP contribution is -2.26. The molecule has 1 aliphatic carbocycles. The topological polar surface area (TPSA) is 46.9 Å². The zero-order valence-electron chi connectivity index (χ0n) is 11.4. The molecule has 106 valence electrons. The van der Waals surface area contributed by atoms with Gasteiger partial charge in [-0.15, -0.1) is 6.42 Å². The average Bonchev–Trinajstić information content (AvgIpc) is 2.47. The van der Waals surface area contributed by atoms with Gasteiger partial charge in [-0.1, -0.05) is 29.2 Å². The predicted molar refractivity (Wildman–Crippen MR) is 82.0 cm³/mol. The number of hydrogen-bond donors (Lipinski definition) is 1. The van der Waals surface area contributed by atoms with Gasteiger partial charge in [-0.2, -0.15) is 5.10 Å². The third-order valence-corrected chi connectivity index (χ3v) is 3.66. The third kappa shape index (κ3) is 3.64. The van der Waals surface area contributed by atoms with E-state index in [1.54, 1.807) is 0 Å². The molecule has 0 bridgehead atoms. The van der Waals surface area contributed by atoms with Crippen LogP contribution in [0, 0.1) is 12.3 Å². The number of hydrogen-bond acceptors (Lipinski definition) is 3. The maximum absolute atomic E-state index is 12.1. The normalized spacial score (nSPS) is 14.5. The van der Waals surface area contributed by atoms with Gasteiger partial charge in [-0.25, -0.2) is 4.68 Å². The molecule has 20 heavy (non-hydrogen) atoms. The maximum atomic E-state index is 12.1. The van der Waals surface area contributed by atoms with E-state index in [2.05, 4.69) is 22.4 Å². The second kappa shape index (κ2) is 7.16. The lowest BCUT2D eigenvalue weighted by Gasteiger charge is -2.14. The van der Waals surface area contributed by atoms with Crippen molar-refractivity contribution < 1.29 is 0 Å². The summed E-state index contributed by atoms with van der Waals surface area (Å²) in [6, 6.07) is 0. The van der Waals surface area contributed by atoms with E-state index in [-0.39, 0.29) is 12.1 Å². The Labute approximate surface area is 123 Å². The van der Waals surface area contributed by atoms with Crippen LogP contribution in [0.1, 0.15) is 32.1 Å². The molecule has 1 aromatic heterocycles. The standard InChI is InChI=1S/C15H18ClN3O/c1-2-10-19-15(20)14(13(16)11-18-19)17-9-8-12-6-4-3-5-7-12/h1,6,11,17H,3-5,7-10H2. The van der Waals surface area contributed by atoms with Crippen molar-refractivity contribution >= 4 is 17.3 Å². The van der Waals surface area contributed by atoms with Gasteiger partial charge in [0.1, 0.15) is 12.2 Å². The molecular weight excluding hydrogens is 274 g/mol. The summed E-state index contributed by atoms with van der Waals surface area (Å²) in [5.74, 6) is 2.40. The van der Waals surface area contributed by atoms with Crippen molar-refractivity contribution in [3.8, 4) is 12.3 Å². The molecule has 1 aliphatic rings. The Morgan fingerprint density at radius 2 is 2.35 bits per heavy atom. The Hall–Kier alpha value is -1.73. The molecule has 0 aromatic carbocycles. The molecule has 1 heterocycles. The summed E-state index contributed by atoms with van der Waals surface area (Å²) in [5, 5.41) is 7.35. The molecule has 0 fully saturated rings. The molecule has 5 heteroatoms. The first-order chi connectivity index (χ1) is 9.72. The predicted octanol–water partition coefficient (Wildman–Crippen LogP) is 2.83. The van der Waals surface area contributed by atoms with E-state index in [1.807, 2.05) is 0 Å². The van der Waals surface area contributed by atoms with Gasteiger partial charge in [0.05, 0.1) is 11.2 Å². The van der Waals surface area contributed by atoms with Crippen LogP contribution in [0.2, 0.25) is 5.02 Å². The molecule has 0 saturated carbocycles. The summed E-state index contributed by atoms with van der Waals surface area (Å²) in [6.07, 6.45) is 14.8. The molecular formula is C15H18ClN3O. The van der Waals surface area contributed by atoms with Crippen LogP contribution in [0.4, 0.5) is 5.69 Å². The molecule has 1 N–H and O–H groups in total. The third-order valence-electron chi connectivity index (χ3n) is 3.37. The number of nitrogens with one attached hydrogen (secondary N) is 1. The van der Waals surface area contributed by atoms with Crippen molar-refractivity contribution in [1.29, 1.82) is 0 Å². The highest BCUT2D eigenvalue weighted by atomic mass is 35.5. The van der Waals surface area contributed by atoms with Crippen LogP contribution in [0.5, 0.6) is 0 Å². The highest BCUT2D eigenvalue weighted by molar-refractivity contribution is 6.32. The highest BCUT2D eigenvalue weighted by Gasteiger charge is 2.10. The lowest BCUT2D eigenvalue weighted by molar-refractivity contribution is 0.662. The zero-order valence-corrected chi connectivity index (χ0v) is 12.1. The SMILES string of the molecule is C#CCn1ncc(Cl)c(NCCC2=CCCCC2)c1=O. The lowest BCUT2D eigenvalue weighted by atomic mass is 9.97. The van der Waals surface area contributed by atoms with E-state index in [9.17, 15) is 4.79 Å². The quantitative estimate of drug-likeness (QED) is 0.670. The zero-order chi connectivity index (χ0) is 14.4. The minimum Gasteiger partial charge on any atom is -0.379 e. The molecule has 0 atom stereocenters. The van der Waals surface area contributed by atoms with Crippen LogP contribution >= 0.6 is 11.6 Å². The van der Waals surface area contributed by atoms with Crippen LogP contribution in [0.15, 0.2) is 22.6 Å². The highest BCUT2D eigenvalue weighted by Crippen LogP contribution is 2.21. The number of nitrogens with zero attached hydrogens (tertiary/aromatic N) is 2. The van der Waals surface area contributed by atoms with Crippen molar-refractivity contribution in [2.45, 2.75) is 38.6 Å². The fourth-order valence-corrected chi connectivity index (χ4v) is 2.50. The Morgan fingerprint density at radius 3 is 3.05 bits per heavy atom. The van der Waals surface area contributed by atoms with E-state index < -0.39 is 0 Å². The van der Waals surface area contributed by atoms with Gasteiger partial charge in [0.25, 0.3) is 5.56 Å². The average molecular weight is 292 g/mol. The van der Waals surface area contributed by atoms with E-state index in [0.29, 0.717) is 17.3 Å². The number of anilines is 1. The summed E-state index contributed by atoms with van der Waals surface area (Å²) in [6.45, 7) is 0.844. The summed E-state index contributed by atoms with van der Waals surface area (Å²) < 4.78 is 1.23. The first-order valence-electron chi connectivity index (χ1n) is 6.83. The van der Waals surface area contributed by atoms with E-state index in [0.717, 1.165) is 12.8 Å². The number of allylic oxidation sites excluding steroid dienone is 1. The van der Waals surface area contributed by atoms with Gasteiger partial charge in [-0.3, -0.25) is 4.79 Å². The molecule has 0 amide bonds. The van der Waals surface area contributed by atoms with Crippen molar-refractivity contribution in [2.24, 2.45) is 0 Å². The first-order valence-corrected chi connectivity index (χ1v) is 7.21. The minimum atomic E-state index is -0.270.